The maximum absolute atomic E-state index is 12.5. The molecule has 4 rings (SSSR count). The van der Waals surface area contributed by atoms with Gasteiger partial charge in [0.1, 0.15) is 5.69 Å². The highest BCUT2D eigenvalue weighted by molar-refractivity contribution is 5.92. The Balaban J connectivity index is 1.60. The lowest BCUT2D eigenvalue weighted by molar-refractivity contribution is 0.0927. The Morgan fingerprint density at radius 3 is 2.96 bits per heavy atom. The van der Waals surface area contributed by atoms with Crippen LogP contribution < -0.4 is 5.32 Å². The van der Waals surface area contributed by atoms with Crippen LogP contribution in [-0.2, 0) is 13.5 Å². The van der Waals surface area contributed by atoms with Gasteiger partial charge in [0.2, 0.25) is 0 Å². The summed E-state index contributed by atoms with van der Waals surface area (Å²) in [7, 11) is 1.84. The number of aromatic nitrogens is 5. The van der Waals surface area contributed by atoms with Crippen molar-refractivity contribution in [3.63, 3.8) is 0 Å². The van der Waals surface area contributed by atoms with Crippen molar-refractivity contribution in [3.8, 4) is 5.82 Å². The van der Waals surface area contributed by atoms with Crippen LogP contribution in [0.4, 0.5) is 0 Å². The van der Waals surface area contributed by atoms with Gasteiger partial charge in [-0.2, -0.15) is 10.2 Å². The minimum absolute atomic E-state index is 0.0453. The van der Waals surface area contributed by atoms with E-state index >= 15 is 0 Å². The maximum Gasteiger partial charge on any atom is 0.272 e. The molecule has 3 heterocycles. The molecule has 0 spiro atoms. The molecule has 1 N–H and O–H groups in total. The number of carbonyl (C=O) groups excluding carboxylic acids is 1. The number of pyridine rings is 1. The fourth-order valence-electron chi connectivity index (χ4n) is 3.29. The average molecular weight is 336 g/mol. The van der Waals surface area contributed by atoms with E-state index in [1.54, 1.807) is 16.9 Å². The summed E-state index contributed by atoms with van der Waals surface area (Å²) in [6.45, 7) is 1.93. The van der Waals surface area contributed by atoms with Gasteiger partial charge < -0.3 is 5.32 Å². The van der Waals surface area contributed by atoms with E-state index in [9.17, 15) is 4.79 Å². The number of aryl methyl sites for hydroxylation is 2. The van der Waals surface area contributed by atoms with Gasteiger partial charge in [-0.1, -0.05) is 6.07 Å². The highest BCUT2D eigenvalue weighted by atomic mass is 16.2. The second-order valence-corrected chi connectivity index (χ2v) is 6.36. The lowest BCUT2D eigenvalue weighted by atomic mass is 9.93. The molecule has 0 bridgehead atoms. The van der Waals surface area contributed by atoms with E-state index in [0.717, 1.165) is 42.0 Å². The van der Waals surface area contributed by atoms with Crippen molar-refractivity contribution >= 4 is 5.91 Å². The molecule has 7 heteroatoms. The number of carbonyl (C=O) groups is 1. The van der Waals surface area contributed by atoms with Gasteiger partial charge >= 0.3 is 0 Å². The van der Waals surface area contributed by atoms with Crippen LogP contribution in [0.1, 0.15) is 46.3 Å². The van der Waals surface area contributed by atoms with Crippen LogP contribution in [0, 0.1) is 6.92 Å². The zero-order valence-electron chi connectivity index (χ0n) is 14.3. The minimum atomic E-state index is -0.146. The predicted octanol–water partition coefficient (Wildman–Crippen LogP) is 2.12. The van der Waals surface area contributed by atoms with E-state index in [1.165, 1.54) is 0 Å². The van der Waals surface area contributed by atoms with Crippen molar-refractivity contribution in [1.82, 2.24) is 29.9 Å². The summed E-state index contributed by atoms with van der Waals surface area (Å²) in [5, 5.41) is 11.9. The first-order valence-corrected chi connectivity index (χ1v) is 8.43. The largest absolute Gasteiger partial charge is 0.344 e. The van der Waals surface area contributed by atoms with Crippen LogP contribution in [0.3, 0.4) is 0 Å². The number of fused-ring (bicyclic) bond motifs is 1. The van der Waals surface area contributed by atoms with E-state index in [0.29, 0.717) is 5.69 Å². The molecule has 7 nitrogen and oxygen atoms in total. The predicted molar refractivity (Wildman–Crippen MR) is 92.4 cm³/mol. The zero-order chi connectivity index (χ0) is 17.4. The van der Waals surface area contributed by atoms with Crippen LogP contribution in [-0.4, -0.2) is 30.5 Å². The molecule has 0 unspecified atom stereocenters. The molecule has 1 amide bonds. The quantitative estimate of drug-likeness (QED) is 0.795. The minimum Gasteiger partial charge on any atom is -0.344 e. The van der Waals surface area contributed by atoms with E-state index in [2.05, 4.69) is 20.5 Å². The van der Waals surface area contributed by atoms with Gasteiger partial charge in [-0.3, -0.25) is 9.48 Å². The van der Waals surface area contributed by atoms with Gasteiger partial charge in [0.15, 0.2) is 5.82 Å². The second-order valence-electron chi connectivity index (χ2n) is 6.36. The third kappa shape index (κ3) is 2.82. The van der Waals surface area contributed by atoms with Crippen LogP contribution >= 0.6 is 0 Å². The number of nitrogens with one attached hydrogen (secondary N) is 1. The number of amides is 1. The Morgan fingerprint density at radius 1 is 1.36 bits per heavy atom. The molecule has 0 aromatic carbocycles. The Labute approximate surface area is 145 Å². The third-order valence-electron chi connectivity index (χ3n) is 4.70. The van der Waals surface area contributed by atoms with Crippen molar-refractivity contribution in [2.75, 3.05) is 0 Å². The standard InChI is InChI=1S/C18H20N6O/c1-12-10-15(22-23(12)2)18(25)21-14-6-5-7-16-13(14)11-20-24(16)17-8-3-4-9-19-17/h3-4,8-11,14H,5-7H2,1-2H3,(H,21,25)/t14-/m1/s1. The smallest absolute Gasteiger partial charge is 0.272 e. The van der Waals surface area contributed by atoms with Crippen LogP contribution in [0.5, 0.6) is 0 Å². The summed E-state index contributed by atoms with van der Waals surface area (Å²) in [6, 6.07) is 7.53. The summed E-state index contributed by atoms with van der Waals surface area (Å²) in [4.78, 5) is 16.9. The fourth-order valence-corrected chi connectivity index (χ4v) is 3.29. The molecule has 0 saturated carbocycles. The van der Waals surface area contributed by atoms with Crippen molar-refractivity contribution in [3.05, 3.63) is 59.3 Å². The molecular formula is C18H20N6O. The lowest BCUT2D eigenvalue weighted by Crippen LogP contribution is -2.31. The normalized spacial score (nSPS) is 16.5. The first-order chi connectivity index (χ1) is 12.1. The summed E-state index contributed by atoms with van der Waals surface area (Å²) in [6.07, 6.45) is 6.43. The van der Waals surface area contributed by atoms with E-state index in [4.69, 9.17) is 0 Å². The summed E-state index contributed by atoms with van der Waals surface area (Å²) >= 11 is 0. The van der Waals surface area contributed by atoms with Crippen molar-refractivity contribution < 1.29 is 4.79 Å². The third-order valence-corrected chi connectivity index (χ3v) is 4.70. The Kier molecular flexibility index (Phi) is 3.83. The first-order valence-electron chi connectivity index (χ1n) is 8.43. The van der Waals surface area contributed by atoms with Crippen LogP contribution in [0.25, 0.3) is 5.82 Å². The highest BCUT2D eigenvalue weighted by Crippen LogP contribution is 2.30. The molecule has 1 aliphatic rings. The number of nitrogens with zero attached hydrogens (tertiary/aromatic N) is 5. The van der Waals surface area contributed by atoms with E-state index in [1.807, 2.05) is 43.0 Å². The Hall–Kier alpha value is -2.96. The number of hydrogen-bond donors (Lipinski definition) is 1. The topological polar surface area (TPSA) is 77.6 Å². The highest BCUT2D eigenvalue weighted by Gasteiger charge is 2.27. The van der Waals surface area contributed by atoms with Gasteiger partial charge in [0.05, 0.1) is 17.9 Å². The molecule has 25 heavy (non-hydrogen) atoms. The van der Waals surface area contributed by atoms with Crippen molar-refractivity contribution in [1.29, 1.82) is 0 Å². The monoisotopic (exact) mass is 336 g/mol. The molecule has 0 saturated heterocycles. The number of hydrogen-bond acceptors (Lipinski definition) is 4. The van der Waals surface area contributed by atoms with Gasteiger partial charge in [-0.15, -0.1) is 0 Å². The van der Waals surface area contributed by atoms with Crippen LogP contribution in [0.15, 0.2) is 36.7 Å². The molecule has 128 valence electrons. The van der Waals surface area contributed by atoms with Gasteiger partial charge in [0.25, 0.3) is 5.91 Å². The first kappa shape index (κ1) is 15.6. The van der Waals surface area contributed by atoms with E-state index < -0.39 is 0 Å². The Morgan fingerprint density at radius 2 is 2.24 bits per heavy atom. The summed E-state index contributed by atoms with van der Waals surface area (Å²) < 4.78 is 3.58. The average Bonchev–Trinajstić information content (AvgIpc) is 3.20. The second kappa shape index (κ2) is 6.16. The molecule has 0 fully saturated rings. The molecule has 1 atom stereocenters. The molecular weight excluding hydrogens is 316 g/mol. The maximum atomic E-state index is 12.5. The van der Waals surface area contributed by atoms with Crippen molar-refractivity contribution in [2.24, 2.45) is 7.05 Å². The van der Waals surface area contributed by atoms with Gasteiger partial charge in [-0.25, -0.2) is 9.67 Å². The SMILES string of the molecule is Cc1cc(C(=O)N[C@@H]2CCCc3c2cnn3-c2ccccn2)nn1C. The zero-order valence-corrected chi connectivity index (χ0v) is 14.3. The molecule has 0 radical (unpaired) electrons. The summed E-state index contributed by atoms with van der Waals surface area (Å²) in [5.74, 6) is 0.656. The van der Waals surface area contributed by atoms with Gasteiger partial charge in [-0.05, 0) is 44.4 Å². The van der Waals surface area contributed by atoms with Crippen molar-refractivity contribution in [2.45, 2.75) is 32.2 Å². The molecule has 3 aromatic heterocycles. The number of rotatable bonds is 3. The van der Waals surface area contributed by atoms with Crippen LogP contribution in [0.2, 0.25) is 0 Å². The molecule has 3 aromatic rings. The fraction of sp³-hybridized carbons (Fsp3) is 0.333. The molecule has 1 aliphatic carbocycles. The van der Waals surface area contributed by atoms with Gasteiger partial charge in [0, 0.05) is 24.5 Å². The molecule has 0 aliphatic heterocycles. The summed E-state index contributed by atoms with van der Waals surface area (Å²) in [5.41, 5.74) is 3.59. The Bertz CT molecular complexity index is 892. The van der Waals surface area contributed by atoms with E-state index in [-0.39, 0.29) is 11.9 Å². The lowest BCUT2D eigenvalue weighted by Gasteiger charge is -2.23.